The molecule has 16 nitrogen and oxygen atoms in total. The van der Waals surface area contributed by atoms with Gasteiger partial charge in [-0.05, 0) is 65.9 Å². The fourth-order valence-electron chi connectivity index (χ4n) is 7.41. The molecule has 0 fully saturated rings. The molecule has 66 heavy (non-hydrogen) atoms. The SMILES string of the molecule is CCn1c2ccc(CNCCOCCOCCOCCOCCn3cc(COc4ncc(C(=O)NC5=NN(c6ccc(Cl)c(Cl)c6)C[C@@H]5C)cn4)nn3)cc2c2ccc(-c3cccs3)cc21. The van der Waals surface area contributed by atoms with E-state index in [0.29, 0.717) is 87.5 Å². The van der Waals surface area contributed by atoms with Gasteiger partial charge >= 0.3 is 6.01 Å². The number of amidine groups is 1. The number of fused-ring (bicyclic) bond motifs is 3. The summed E-state index contributed by atoms with van der Waals surface area (Å²) in [5.74, 6) is 0.115. The van der Waals surface area contributed by atoms with Crippen molar-refractivity contribution >= 4 is 73.8 Å². The number of benzene rings is 3. The minimum atomic E-state index is -0.381. The van der Waals surface area contributed by atoms with Crippen LogP contribution in [0.4, 0.5) is 5.69 Å². The lowest BCUT2D eigenvalue weighted by Gasteiger charge is -2.14. The van der Waals surface area contributed by atoms with Gasteiger partial charge in [-0.2, -0.15) is 5.10 Å². The first-order valence-corrected chi connectivity index (χ1v) is 23.5. The topological polar surface area (TPSA) is 164 Å². The van der Waals surface area contributed by atoms with E-state index in [-0.39, 0.29) is 30.0 Å². The molecule has 8 rings (SSSR count). The molecule has 0 saturated heterocycles. The van der Waals surface area contributed by atoms with Crippen LogP contribution in [0.5, 0.6) is 6.01 Å². The maximum absolute atomic E-state index is 12.9. The lowest BCUT2D eigenvalue weighted by Crippen LogP contribution is -2.33. The molecule has 1 aliphatic rings. The number of nitrogens with one attached hydrogen (secondary N) is 2. The Kier molecular flexibility index (Phi) is 16.6. The summed E-state index contributed by atoms with van der Waals surface area (Å²) in [6.07, 6.45) is 4.55. The number of thiophene rings is 1. The Balaban J connectivity index is 0.625. The van der Waals surface area contributed by atoms with Crippen molar-refractivity contribution < 1.29 is 28.5 Å². The van der Waals surface area contributed by atoms with E-state index in [0.717, 1.165) is 25.3 Å². The van der Waals surface area contributed by atoms with Crippen LogP contribution in [-0.2, 0) is 45.2 Å². The van der Waals surface area contributed by atoms with E-state index < -0.39 is 0 Å². The summed E-state index contributed by atoms with van der Waals surface area (Å²) in [6.45, 7) is 11.8. The van der Waals surface area contributed by atoms with Gasteiger partial charge < -0.3 is 38.9 Å². The zero-order valence-electron chi connectivity index (χ0n) is 36.8. The molecule has 0 bridgehead atoms. The Hall–Kier alpha value is -5.50. The molecule has 0 spiro atoms. The highest BCUT2D eigenvalue weighted by Gasteiger charge is 2.26. The van der Waals surface area contributed by atoms with E-state index in [9.17, 15) is 4.79 Å². The number of hydrazone groups is 1. The number of rotatable bonds is 24. The molecule has 1 amide bonds. The summed E-state index contributed by atoms with van der Waals surface area (Å²) in [7, 11) is 0. The van der Waals surface area contributed by atoms with Gasteiger partial charge in [0.1, 0.15) is 18.1 Å². The molecule has 0 radical (unpaired) electrons. The molecule has 0 saturated carbocycles. The normalized spacial score (nSPS) is 13.8. The van der Waals surface area contributed by atoms with Crippen molar-refractivity contribution in [2.24, 2.45) is 11.0 Å². The fourth-order valence-corrected chi connectivity index (χ4v) is 8.43. The molecule has 3 aromatic carbocycles. The van der Waals surface area contributed by atoms with Crippen molar-refractivity contribution in [1.29, 1.82) is 0 Å². The Morgan fingerprint density at radius 2 is 1.62 bits per heavy atom. The molecule has 7 aromatic rings. The molecule has 2 N–H and O–H groups in total. The lowest BCUT2D eigenvalue weighted by atomic mass is 10.1. The average Bonchev–Trinajstić information content (AvgIpc) is 4.16. The second-order valence-corrected chi connectivity index (χ2v) is 17.2. The van der Waals surface area contributed by atoms with Crippen LogP contribution in [0.3, 0.4) is 0 Å². The standard InChI is InChI=1S/C47H52Cl2N10O6S/c1-3-58-42-11-6-33(23-39(42)38-9-7-34(24-43(38)58)44-5-4-22-66-44)26-50-12-14-61-16-18-63-20-21-64-19-17-62-15-13-57-30-36(54-56-57)31-65-47-51-27-35(28-52-47)46(60)53-45-32(2)29-59(55-45)37-8-10-40(48)41(49)25-37/h4-11,22-25,27-28,30,32,50H,3,12-21,26,29,31H2,1-2H3,(H,53,55,60)/t32-/m0/s1. The number of amides is 1. The number of carbonyl (C=O) groups excluding carboxylic acids is 1. The first-order chi connectivity index (χ1) is 32.3. The van der Waals surface area contributed by atoms with Gasteiger partial charge in [-0.1, -0.05) is 59.6 Å². The van der Waals surface area contributed by atoms with E-state index in [4.69, 9.17) is 46.9 Å². The Morgan fingerprint density at radius 1 is 0.848 bits per heavy atom. The number of hydrogen-bond acceptors (Lipinski definition) is 14. The highest BCUT2D eigenvalue weighted by molar-refractivity contribution is 7.13. The third kappa shape index (κ3) is 12.3. The summed E-state index contributed by atoms with van der Waals surface area (Å²) in [4.78, 5) is 22.5. The van der Waals surface area contributed by atoms with E-state index in [1.54, 1.807) is 39.4 Å². The highest BCUT2D eigenvalue weighted by Crippen LogP contribution is 2.35. The van der Waals surface area contributed by atoms with Gasteiger partial charge in [-0.3, -0.25) is 9.80 Å². The summed E-state index contributed by atoms with van der Waals surface area (Å²) in [5.41, 5.74) is 6.70. The maximum Gasteiger partial charge on any atom is 0.316 e. The van der Waals surface area contributed by atoms with Crippen LogP contribution in [-0.4, -0.2) is 107 Å². The van der Waals surface area contributed by atoms with Crippen molar-refractivity contribution in [3.8, 4) is 16.5 Å². The van der Waals surface area contributed by atoms with Gasteiger partial charge in [0.2, 0.25) is 0 Å². The second-order valence-electron chi connectivity index (χ2n) is 15.5. The number of aryl methyl sites for hydroxylation is 1. The van der Waals surface area contributed by atoms with E-state index in [1.807, 2.05) is 13.0 Å². The van der Waals surface area contributed by atoms with Gasteiger partial charge in [0.25, 0.3) is 5.91 Å². The fraction of sp³-hybridized carbons (Fsp3) is 0.362. The predicted molar refractivity (Wildman–Crippen MR) is 258 cm³/mol. The molecular formula is C47H52Cl2N10O6S. The van der Waals surface area contributed by atoms with Gasteiger partial charge in [-0.15, -0.1) is 16.4 Å². The van der Waals surface area contributed by atoms with Crippen LogP contribution in [0.15, 0.2) is 95.8 Å². The van der Waals surface area contributed by atoms with E-state index in [2.05, 4.69) is 101 Å². The molecule has 4 aromatic heterocycles. The minimum Gasteiger partial charge on any atom is -0.457 e. The predicted octanol–water partition coefficient (Wildman–Crippen LogP) is 7.87. The molecule has 0 aliphatic carbocycles. The summed E-state index contributed by atoms with van der Waals surface area (Å²) >= 11 is 14.0. The lowest BCUT2D eigenvalue weighted by molar-refractivity contribution is -0.00245. The van der Waals surface area contributed by atoms with Crippen molar-refractivity contribution in [2.45, 2.75) is 40.1 Å². The van der Waals surface area contributed by atoms with Gasteiger partial charge in [0.05, 0.1) is 93.4 Å². The second kappa shape index (κ2) is 23.3. The maximum atomic E-state index is 12.9. The van der Waals surface area contributed by atoms with E-state index >= 15 is 0 Å². The zero-order valence-corrected chi connectivity index (χ0v) is 39.2. The molecule has 1 aliphatic heterocycles. The average molecular weight is 956 g/mol. The summed E-state index contributed by atoms with van der Waals surface area (Å²) in [6, 6.07) is 23.2. The van der Waals surface area contributed by atoms with Crippen LogP contribution >= 0.6 is 34.5 Å². The third-order valence-corrected chi connectivity index (χ3v) is 12.5. The van der Waals surface area contributed by atoms with E-state index in [1.165, 1.54) is 50.2 Å². The number of nitrogens with zero attached hydrogens (tertiary/aromatic N) is 8. The number of ether oxygens (including phenoxy) is 5. The molecule has 346 valence electrons. The number of hydrogen-bond donors (Lipinski definition) is 2. The van der Waals surface area contributed by atoms with Gasteiger partial charge in [0, 0.05) is 64.6 Å². The minimum absolute atomic E-state index is 0.0257. The number of aromatic nitrogens is 6. The van der Waals surface area contributed by atoms with Crippen LogP contribution in [0.2, 0.25) is 10.0 Å². The van der Waals surface area contributed by atoms with Crippen LogP contribution < -0.4 is 20.4 Å². The number of halogens is 2. The third-order valence-electron chi connectivity index (χ3n) is 10.8. The van der Waals surface area contributed by atoms with Crippen LogP contribution in [0.1, 0.15) is 35.5 Å². The monoisotopic (exact) mass is 954 g/mol. The molecule has 1 atom stereocenters. The largest absolute Gasteiger partial charge is 0.457 e. The van der Waals surface area contributed by atoms with Gasteiger partial charge in [0.15, 0.2) is 0 Å². The van der Waals surface area contributed by atoms with Crippen molar-refractivity contribution in [3.63, 3.8) is 0 Å². The van der Waals surface area contributed by atoms with Crippen molar-refractivity contribution in [2.75, 3.05) is 71.0 Å². The quantitative estimate of drug-likeness (QED) is 0.0565. The number of carbonyl (C=O) groups is 1. The molecular weight excluding hydrogens is 904 g/mol. The Morgan fingerprint density at radius 3 is 2.36 bits per heavy atom. The van der Waals surface area contributed by atoms with Crippen molar-refractivity contribution in [1.82, 2.24) is 40.2 Å². The molecule has 5 heterocycles. The Labute approximate surface area is 396 Å². The molecule has 0 unspecified atom stereocenters. The summed E-state index contributed by atoms with van der Waals surface area (Å²) in [5, 5.41) is 26.5. The summed E-state index contributed by atoms with van der Waals surface area (Å²) < 4.78 is 32.4. The smallest absolute Gasteiger partial charge is 0.316 e. The van der Waals surface area contributed by atoms with Crippen LogP contribution in [0, 0.1) is 5.92 Å². The van der Waals surface area contributed by atoms with Crippen molar-refractivity contribution in [3.05, 3.63) is 118 Å². The number of anilines is 1. The first-order valence-electron chi connectivity index (χ1n) is 21.9. The first kappa shape index (κ1) is 47.0. The Bertz CT molecular complexity index is 2710. The van der Waals surface area contributed by atoms with Crippen LogP contribution in [0.25, 0.3) is 32.2 Å². The highest BCUT2D eigenvalue weighted by atomic mass is 35.5. The van der Waals surface area contributed by atoms with Gasteiger partial charge in [-0.25, -0.2) is 14.6 Å². The zero-order chi connectivity index (χ0) is 45.7. The molecule has 19 heteroatoms.